The molecule has 3 rings (SSSR count). The predicted molar refractivity (Wildman–Crippen MR) is 99.3 cm³/mol. The van der Waals surface area contributed by atoms with Gasteiger partial charge in [-0.15, -0.1) is 0 Å². The minimum atomic E-state index is -4.78. The molecule has 2 amide bonds. The van der Waals surface area contributed by atoms with Crippen molar-refractivity contribution in [1.29, 1.82) is 0 Å². The number of amides is 2. The number of carbonyl (C=O) groups excluding carboxylic acids is 2. The zero-order chi connectivity index (χ0) is 22.9. The molecular formula is C20H18F5N3O3. The fourth-order valence-electron chi connectivity index (χ4n) is 3.41. The third-order valence-corrected chi connectivity index (χ3v) is 4.84. The van der Waals surface area contributed by atoms with Crippen LogP contribution in [0.1, 0.15) is 24.1 Å². The number of carbonyl (C=O) groups is 2. The lowest BCUT2D eigenvalue weighted by Crippen LogP contribution is -2.33. The second-order valence-corrected chi connectivity index (χ2v) is 6.95. The van der Waals surface area contributed by atoms with Gasteiger partial charge in [0.05, 0.1) is 12.3 Å². The van der Waals surface area contributed by atoms with Crippen LogP contribution in [-0.4, -0.2) is 41.9 Å². The Balaban J connectivity index is 1.99. The van der Waals surface area contributed by atoms with Gasteiger partial charge in [0.1, 0.15) is 11.6 Å². The number of likely N-dealkylation sites (tertiary alicyclic amines) is 1. The molecule has 1 aliphatic heterocycles. The van der Waals surface area contributed by atoms with Gasteiger partial charge in [-0.05, 0) is 30.7 Å². The molecule has 0 saturated carbocycles. The lowest BCUT2D eigenvalue weighted by atomic mass is 9.87. The van der Waals surface area contributed by atoms with E-state index in [1.807, 2.05) is 0 Å². The highest BCUT2D eigenvalue weighted by molar-refractivity contribution is 6.08. The molecule has 0 unspecified atom stereocenters. The van der Waals surface area contributed by atoms with E-state index in [9.17, 15) is 31.5 Å². The Labute approximate surface area is 174 Å². The maximum atomic E-state index is 13.9. The summed E-state index contributed by atoms with van der Waals surface area (Å²) in [5, 5.41) is 2.16. The molecule has 0 spiro atoms. The fourth-order valence-corrected chi connectivity index (χ4v) is 3.41. The van der Waals surface area contributed by atoms with E-state index >= 15 is 0 Å². The van der Waals surface area contributed by atoms with Crippen LogP contribution in [-0.2, 0) is 15.8 Å². The van der Waals surface area contributed by atoms with Crippen LogP contribution >= 0.6 is 0 Å². The van der Waals surface area contributed by atoms with Crippen LogP contribution in [0.25, 0.3) is 0 Å². The van der Waals surface area contributed by atoms with Crippen molar-refractivity contribution in [3.63, 3.8) is 0 Å². The summed E-state index contributed by atoms with van der Waals surface area (Å²) in [7, 11) is 1.39. The van der Waals surface area contributed by atoms with Crippen LogP contribution in [0.3, 0.4) is 0 Å². The molecule has 166 valence electrons. The highest BCUT2D eigenvalue weighted by Crippen LogP contribution is 2.38. The molecule has 2 atom stereocenters. The Hall–Kier alpha value is -3.24. The molecule has 0 aliphatic carbocycles. The lowest BCUT2D eigenvalue weighted by Gasteiger charge is -2.19. The zero-order valence-corrected chi connectivity index (χ0v) is 16.5. The number of aromatic nitrogens is 1. The number of anilines is 1. The largest absolute Gasteiger partial charge is 0.478 e. The van der Waals surface area contributed by atoms with Crippen molar-refractivity contribution in [3.8, 4) is 5.88 Å². The molecule has 1 aromatic heterocycles. The van der Waals surface area contributed by atoms with Crippen LogP contribution < -0.4 is 10.1 Å². The van der Waals surface area contributed by atoms with Gasteiger partial charge in [-0.2, -0.15) is 13.2 Å². The number of nitrogens with one attached hydrogen (secondary N) is 1. The van der Waals surface area contributed by atoms with Gasteiger partial charge in [-0.1, -0.05) is 6.07 Å². The second kappa shape index (κ2) is 8.48. The number of likely N-dealkylation sites (N-methyl/N-ethyl adjacent to an activating group) is 1. The highest BCUT2D eigenvalue weighted by atomic mass is 19.4. The van der Waals surface area contributed by atoms with Gasteiger partial charge in [-0.25, -0.2) is 13.8 Å². The number of halogens is 5. The Bertz CT molecular complexity index is 1010. The summed E-state index contributed by atoms with van der Waals surface area (Å²) in [6, 6.07) is 5.12. The van der Waals surface area contributed by atoms with E-state index in [-0.39, 0.29) is 24.6 Å². The molecular weight excluding hydrogens is 425 g/mol. The molecule has 1 saturated heterocycles. The molecule has 31 heavy (non-hydrogen) atoms. The molecule has 1 N–H and O–H groups in total. The number of nitrogens with zero attached hydrogens (tertiary/aromatic N) is 2. The minimum absolute atomic E-state index is 0.0170. The quantitative estimate of drug-likeness (QED) is 0.567. The number of hydrogen-bond donors (Lipinski definition) is 1. The third kappa shape index (κ3) is 4.59. The Kier molecular flexibility index (Phi) is 6.14. The normalized spacial score (nSPS) is 18.9. The van der Waals surface area contributed by atoms with Crippen molar-refractivity contribution in [3.05, 3.63) is 53.2 Å². The summed E-state index contributed by atoms with van der Waals surface area (Å²) in [6.45, 7) is 1.56. The third-order valence-electron chi connectivity index (χ3n) is 4.84. The van der Waals surface area contributed by atoms with E-state index < -0.39 is 52.8 Å². The highest BCUT2D eigenvalue weighted by Gasteiger charge is 2.45. The number of hydrogen-bond acceptors (Lipinski definition) is 4. The first-order chi connectivity index (χ1) is 14.5. The fraction of sp³-hybridized carbons (Fsp3) is 0.350. The maximum Gasteiger partial charge on any atom is 0.433 e. The van der Waals surface area contributed by atoms with Gasteiger partial charge < -0.3 is 15.0 Å². The molecule has 2 aromatic rings. The molecule has 1 fully saturated rings. The van der Waals surface area contributed by atoms with Crippen molar-refractivity contribution in [2.75, 3.05) is 25.5 Å². The number of alkyl halides is 3. The minimum Gasteiger partial charge on any atom is -0.478 e. The van der Waals surface area contributed by atoms with E-state index in [0.29, 0.717) is 0 Å². The van der Waals surface area contributed by atoms with Gasteiger partial charge in [-0.3, -0.25) is 9.59 Å². The molecule has 0 bridgehead atoms. The number of rotatable bonds is 5. The van der Waals surface area contributed by atoms with E-state index in [0.717, 1.165) is 18.2 Å². The summed E-state index contributed by atoms with van der Waals surface area (Å²) >= 11 is 0. The van der Waals surface area contributed by atoms with Gasteiger partial charge in [0.15, 0.2) is 11.6 Å². The Morgan fingerprint density at radius 2 is 2.00 bits per heavy atom. The standard InChI is InChI=1S/C20H18F5N3O3/c1-3-31-15-8-10(7-14(27-15)20(23,24)25)11-9-28(2)19(30)16(11)18(29)26-13-6-4-5-12(21)17(13)22/h4-8,11,16H,3,9H2,1-2H3,(H,26,29)/t11-,16+/m0/s1. The number of ether oxygens (including phenoxy) is 1. The van der Waals surface area contributed by atoms with Crippen molar-refractivity contribution in [2.45, 2.75) is 19.0 Å². The SMILES string of the molecule is CCOc1cc([C@@H]2CN(C)C(=O)[C@H]2C(=O)Nc2cccc(F)c2F)cc(C(F)(F)F)n1. The van der Waals surface area contributed by atoms with E-state index in [4.69, 9.17) is 4.74 Å². The lowest BCUT2D eigenvalue weighted by molar-refractivity contribution is -0.141. The first-order valence-corrected chi connectivity index (χ1v) is 9.24. The molecule has 1 aromatic carbocycles. The van der Waals surface area contributed by atoms with E-state index in [2.05, 4.69) is 10.3 Å². The molecule has 11 heteroatoms. The maximum absolute atomic E-state index is 13.9. The van der Waals surface area contributed by atoms with E-state index in [1.54, 1.807) is 6.92 Å². The summed E-state index contributed by atoms with van der Waals surface area (Å²) in [5.74, 6) is -6.88. The van der Waals surface area contributed by atoms with Crippen LogP contribution in [0.15, 0.2) is 30.3 Å². The Morgan fingerprint density at radius 3 is 2.65 bits per heavy atom. The van der Waals surface area contributed by atoms with Crippen LogP contribution in [0.2, 0.25) is 0 Å². The molecule has 6 nitrogen and oxygen atoms in total. The van der Waals surface area contributed by atoms with Crippen molar-refractivity contribution in [2.24, 2.45) is 5.92 Å². The second-order valence-electron chi connectivity index (χ2n) is 6.95. The topological polar surface area (TPSA) is 71.5 Å². The smallest absolute Gasteiger partial charge is 0.433 e. The molecule has 2 heterocycles. The van der Waals surface area contributed by atoms with Gasteiger partial charge in [0.25, 0.3) is 0 Å². The summed E-state index contributed by atoms with van der Waals surface area (Å²) in [5.41, 5.74) is -1.69. The first kappa shape index (κ1) is 22.4. The average molecular weight is 443 g/mol. The van der Waals surface area contributed by atoms with Gasteiger partial charge in [0.2, 0.25) is 17.7 Å². The van der Waals surface area contributed by atoms with Crippen LogP contribution in [0.5, 0.6) is 5.88 Å². The predicted octanol–water partition coefficient (Wildman–Crippen LogP) is 3.59. The number of benzene rings is 1. The van der Waals surface area contributed by atoms with Gasteiger partial charge >= 0.3 is 6.18 Å². The van der Waals surface area contributed by atoms with Crippen LogP contribution in [0, 0.1) is 17.6 Å². The molecule has 0 radical (unpaired) electrons. The van der Waals surface area contributed by atoms with Crippen molar-refractivity contribution >= 4 is 17.5 Å². The van der Waals surface area contributed by atoms with Gasteiger partial charge in [0, 0.05) is 25.6 Å². The average Bonchev–Trinajstić information content (AvgIpc) is 2.99. The Morgan fingerprint density at radius 1 is 1.29 bits per heavy atom. The summed E-state index contributed by atoms with van der Waals surface area (Å²) in [6.07, 6.45) is -4.78. The zero-order valence-electron chi connectivity index (χ0n) is 16.5. The molecule has 1 aliphatic rings. The summed E-state index contributed by atoms with van der Waals surface area (Å²) in [4.78, 5) is 30.0. The summed E-state index contributed by atoms with van der Waals surface area (Å²) < 4.78 is 72.4. The van der Waals surface area contributed by atoms with E-state index in [1.165, 1.54) is 24.1 Å². The van der Waals surface area contributed by atoms with Crippen LogP contribution in [0.4, 0.5) is 27.6 Å². The van der Waals surface area contributed by atoms with Crippen molar-refractivity contribution in [1.82, 2.24) is 9.88 Å². The van der Waals surface area contributed by atoms with Crippen molar-refractivity contribution < 1.29 is 36.3 Å². The first-order valence-electron chi connectivity index (χ1n) is 9.24. The monoisotopic (exact) mass is 443 g/mol. The number of pyridine rings is 1.